The first-order valence-electron chi connectivity index (χ1n) is 6.76. The molecule has 0 aliphatic carbocycles. The number of hydrogen-bond donors (Lipinski definition) is 2. The average Bonchev–Trinajstić information content (AvgIpc) is 3.05. The van der Waals surface area contributed by atoms with Crippen molar-refractivity contribution in [2.75, 3.05) is 11.9 Å². The van der Waals surface area contributed by atoms with Gasteiger partial charge in [0.25, 0.3) is 5.91 Å². The second-order valence-corrected chi connectivity index (χ2v) is 5.24. The Bertz CT molecular complexity index is 646. The second-order valence-electron chi connectivity index (χ2n) is 5.24. The van der Waals surface area contributed by atoms with Crippen molar-refractivity contribution < 1.29 is 9.53 Å². The highest BCUT2D eigenvalue weighted by molar-refractivity contribution is 6.04. The average molecular weight is 271 g/mol. The van der Waals surface area contributed by atoms with Crippen molar-refractivity contribution in [3.8, 4) is 5.75 Å². The Labute approximate surface area is 117 Å². The van der Waals surface area contributed by atoms with Crippen LogP contribution in [0, 0.1) is 0 Å². The maximum absolute atomic E-state index is 12.2. The number of nitrogens with zero attached hydrogens (tertiary/aromatic N) is 1. The normalized spacial score (nSPS) is 13.2. The fourth-order valence-electron chi connectivity index (χ4n) is 2.21. The van der Waals surface area contributed by atoms with E-state index in [1.165, 1.54) is 0 Å². The van der Waals surface area contributed by atoms with Crippen molar-refractivity contribution in [3.63, 3.8) is 0 Å². The molecular formula is C15H17N3O2. The first-order valence-corrected chi connectivity index (χ1v) is 6.76. The summed E-state index contributed by atoms with van der Waals surface area (Å²) in [5, 5.41) is 9.82. The summed E-state index contributed by atoms with van der Waals surface area (Å²) in [5.41, 5.74) is 2.72. The third kappa shape index (κ3) is 2.39. The molecule has 5 nitrogen and oxygen atoms in total. The first-order chi connectivity index (χ1) is 9.63. The van der Waals surface area contributed by atoms with Crippen molar-refractivity contribution in [1.29, 1.82) is 0 Å². The molecule has 0 saturated carbocycles. The number of nitrogens with one attached hydrogen (secondary N) is 2. The van der Waals surface area contributed by atoms with Gasteiger partial charge < -0.3 is 10.1 Å². The highest BCUT2D eigenvalue weighted by atomic mass is 16.5. The second kappa shape index (κ2) is 5.00. The fraction of sp³-hybridized carbons (Fsp3) is 0.333. The number of rotatable bonds is 3. The van der Waals surface area contributed by atoms with E-state index in [0.717, 1.165) is 23.4 Å². The summed E-state index contributed by atoms with van der Waals surface area (Å²) in [4.78, 5) is 12.2. The van der Waals surface area contributed by atoms with E-state index >= 15 is 0 Å². The number of ether oxygens (including phenoxy) is 1. The number of hydrogen-bond acceptors (Lipinski definition) is 3. The highest BCUT2D eigenvalue weighted by Crippen LogP contribution is 2.26. The Hall–Kier alpha value is -2.30. The minimum Gasteiger partial charge on any atom is -0.493 e. The number of amides is 1. The molecule has 0 fully saturated rings. The number of benzene rings is 1. The largest absolute Gasteiger partial charge is 0.493 e. The Morgan fingerprint density at radius 2 is 2.25 bits per heavy atom. The molecule has 1 aromatic heterocycles. The predicted molar refractivity (Wildman–Crippen MR) is 76.3 cm³/mol. The quantitative estimate of drug-likeness (QED) is 0.902. The topological polar surface area (TPSA) is 67.0 Å². The summed E-state index contributed by atoms with van der Waals surface area (Å²) in [7, 11) is 0. The summed E-state index contributed by atoms with van der Waals surface area (Å²) in [6.07, 6.45) is 0.857. The number of carbonyl (C=O) groups excluding carboxylic acids is 1. The van der Waals surface area contributed by atoms with E-state index in [9.17, 15) is 4.79 Å². The van der Waals surface area contributed by atoms with E-state index in [0.29, 0.717) is 23.9 Å². The fourth-order valence-corrected chi connectivity index (χ4v) is 2.21. The minimum atomic E-state index is -0.151. The molecule has 2 aromatic rings. The summed E-state index contributed by atoms with van der Waals surface area (Å²) in [5.74, 6) is 1.63. The van der Waals surface area contributed by atoms with E-state index in [4.69, 9.17) is 4.74 Å². The van der Waals surface area contributed by atoms with Gasteiger partial charge in [0, 0.05) is 23.7 Å². The van der Waals surface area contributed by atoms with E-state index in [-0.39, 0.29) is 5.91 Å². The Morgan fingerprint density at radius 1 is 1.40 bits per heavy atom. The maximum atomic E-state index is 12.2. The number of anilines is 1. The van der Waals surface area contributed by atoms with Crippen LogP contribution in [0.2, 0.25) is 0 Å². The molecule has 20 heavy (non-hydrogen) atoms. The van der Waals surface area contributed by atoms with Crippen LogP contribution in [-0.2, 0) is 6.42 Å². The molecule has 0 spiro atoms. The van der Waals surface area contributed by atoms with Crippen LogP contribution in [0.4, 0.5) is 5.82 Å². The van der Waals surface area contributed by atoms with Crippen molar-refractivity contribution in [1.82, 2.24) is 10.2 Å². The Balaban J connectivity index is 1.75. The number of carbonyl (C=O) groups is 1. The molecule has 104 valence electrons. The Kier molecular flexibility index (Phi) is 3.18. The van der Waals surface area contributed by atoms with Gasteiger partial charge in [-0.25, -0.2) is 0 Å². The number of aromatic amines is 1. The van der Waals surface area contributed by atoms with E-state index in [1.807, 2.05) is 18.2 Å². The smallest absolute Gasteiger partial charge is 0.256 e. The summed E-state index contributed by atoms with van der Waals surface area (Å²) in [6, 6.07) is 7.36. The molecule has 0 unspecified atom stereocenters. The van der Waals surface area contributed by atoms with Crippen LogP contribution in [0.1, 0.15) is 41.4 Å². The lowest BCUT2D eigenvalue weighted by atomic mass is 10.1. The lowest BCUT2D eigenvalue weighted by Gasteiger charge is -2.04. The predicted octanol–water partition coefficient (Wildman–Crippen LogP) is 2.72. The number of aromatic nitrogens is 2. The first kappa shape index (κ1) is 12.7. The molecule has 0 saturated heterocycles. The van der Waals surface area contributed by atoms with Gasteiger partial charge in [-0.2, -0.15) is 5.10 Å². The monoisotopic (exact) mass is 271 g/mol. The zero-order valence-corrected chi connectivity index (χ0v) is 11.6. The van der Waals surface area contributed by atoms with E-state index in [2.05, 4.69) is 29.4 Å². The van der Waals surface area contributed by atoms with Crippen molar-refractivity contribution in [2.24, 2.45) is 0 Å². The van der Waals surface area contributed by atoms with E-state index in [1.54, 1.807) is 6.07 Å². The molecule has 1 amide bonds. The highest BCUT2D eigenvalue weighted by Gasteiger charge is 2.16. The molecule has 3 rings (SSSR count). The van der Waals surface area contributed by atoms with Crippen LogP contribution in [0.3, 0.4) is 0 Å². The van der Waals surface area contributed by atoms with Gasteiger partial charge in [0.05, 0.1) is 6.61 Å². The van der Waals surface area contributed by atoms with Gasteiger partial charge in [-0.15, -0.1) is 0 Å². The molecule has 0 radical (unpaired) electrons. The van der Waals surface area contributed by atoms with Gasteiger partial charge in [0.2, 0.25) is 0 Å². The number of fused-ring (bicyclic) bond motifs is 1. The minimum absolute atomic E-state index is 0.151. The lowest BCUT2D eigenvalue weighted by molar-refractivity contribution is 0.102. The van der Waals surface area contributed by atoms with Crippen LogP contribution >= 0.6 is 0 Å². The summed E-state index contributed by atoms with van der Waals surface area (Å²) in [6.45, 7) is 4.83. The van der Waals surface area contributed by atoms with Crippen LogP contribution in [0.25, 0.3) is 0 Å². The standard InChI is InChI=1S/C15H17N3O2/c1-9(2)12-8-14(18-17-12)16-15(19)11-3-4-13-10(7-11)5-6-20-13/h3-4,7-9H,5-6H2,1-2H3,(H2,16,17,18,19). The van der Waals surface area contributed by atoms with Gasteiger partial charge in [0.15, 0.2) is 5.82 Å². The van der Waals surface area contributed by atoms with Crippen LogP contribution in [0.5, 0.6) is 5.75 Å². The molecule has 5 heteroatoms. The molecule has 0 atom stereocenters. The van der Waals surface area contributed by atoms with Crippen LogP contribution in [-0.4, -0.2) is 22.7 Å². The third-order valence-corrected chi connectivity index (χ3v) is 3.41. The maximum Gasteiger partial charge on any atom is 0.256 e. The van der Waals surface area contributed by atoms with Gasteiger partial charge in [-0.3, -0.25) is 9.89 Å². The van der Waals surface area contributed by atoms with Gasteiger partial charge >= 0.3 is 0 Å². The zero-order chi connectivity index (χ0) is 14.1. The number of H-pyrrole nitrogens is 1. The molecular weight excluding hydrogens is 254 g/mol. The van der Waals surface area contributed by atoms with Crippen LogP contribution in [0.15, 0.2) is 24.3 Å². The SMILES string of the molecule is CC(C)c1cc(NC(=O)c2ccc3c(c2)CCO3)n[nH]1. The lowest BCUT2D eigenvalue weighted by Crippen LogP contribution is -2.12. The summed E-state index contributed by atoms with van der Waals surface area (Å²) < 4.78 is 5.43. The van der Waals surface area contributed by atoms with E-state index < -0.39 is 0 Å². The third-order valence-electron chi connectivity index (χ3n) is 3.41. The zero-order valence-electron chi connectivity index (χ0n) is 11.6. The molecule has 2 heterocycles. The van der Waals surface area contributed by atoms with Gasteiger partial charge in [-0.1, -0.05) is 13.8 Å². The van der Waals surface area contributed by atoms with Gasteiger partial charge in [-0.05, 0) is 29.7 Å². The summed E-state index contributed by atoms with van der Waals surface area (Å²) >= 11 is 0. The van der Waals surface area contributed by atoms with Crippen molar-refractivity contribution >= 4 is 11.7 Å². The van der Waals surface area contributed by atoms with Crippen molar-refractivity contribution in [2.45, 2.75) is 26.2 Å². The van der Waals surface area contributed by atoms with Gasteiger partial charge in [0.1, 0.15) is 5.75 Å². The molecule has 1 aliphatic heterocycles. The molecule has 1 aliphatic rings. The van der Waals surface area contributed by atoms with Crippen LogP contribution < -0.4 is 10.1 Å². The molecule has 2 N–H and O–H groups in total. The van der Waals surface area contributed by atoms with Crippen molar-refractivity contribution in [3.05, 3.63) is 41.1 Å². The molecule has 0 bridgehead atoms. The Morgan fingerprint density at radius 3 is 3.00 bits per heavy atom. The molecule has 1 aromatic carbocycles.